The molecule has 0 aliphatic heterocycles. The van der Waals surface area contributed by atoms with Crippen molar-refractivity contribution in [3.63, 3.8) is 0 Å². The molecule has 3 heterocycles. The molecule has 10 heteroatoms. The Morgan fingerprint density at radius 1 is 1.10 bits per heavy atom. The molecule has 0 aliphatic rings. The van der Waals surface area contributed by atoms with Crippen molar-refractivity contribution < 1.29 is 13.2 Å². The molecule has 30 heavy (non-hydrogen) atoms. The van der Waals surface area contributed by atoms with E-state index in [9.17, 15) is 8.78 Å². The number of nitrogens with zero attached hydrogens (tertiary/aromatic N) is 4. The Kier molecular flexibility index (Phi) is 5.38. The van der Waals surface area contributed by atoms with Gasteiger partial charge in [-0.3, -0.25) is 5.10 Å². The first-order valence-electron chi connectivity index (χ1n) is 9.34. The van der Waals surface area contributed by atoms with Crippen LogP contribution in [0.25, 0.3) is 11.5 Å². The summed E-state index contributed by atoms with van der Waals surface area (Å²) in [6.45, 7) is 3.65. The second-order valence-corrected chi connectivity index (χ2v) is 6.55. The third-order valence-corrected chi connectivity index (χ3v) is 4.38. The molecule has 3 N–H and O–H groups in total. The van der Waals surface area contributed by atoms with Gasteiger partial charge in [0.1, 0.15) is 23.2 Å². The fourth-order valence-corrected chi connectivity index (χ4v) is 2.88. The fraction of sp³-hybridized carbons (Fsp3) is 0.200. The number of aromatic nitrogens is 5. The van der Waals surface area contributed by atoms with Crippen LogP contribution in [-0.2, 0) is 6.42 Å². The molecule has 0 amide bonds. The number of hydrogen-bond donors (Lipinski definition) is 3. The molecule has 1 aromatic carbocycles. The van der Waals surface area contributed by atoms with Crippen LogP contribution in [0.5, 0.6) is 0 Å². The van der Waals surface area contributed by atoms with Gasteiger partial charge in [0, 0.05) is 24.1 Å². The minimum absolute atomic E-state index is 0.266. The molecule has 4 rings (SSSR count). The van der Waals surface area contributed by atoms with E-state index in [0.29, 0.717) is 35.1 Å². The molecule has 0 saturated heterocycles. The van der Waals surface area contributed by atoms with Crippen LogP contribution < -0.4 is 10.6 Å². The molecule has 0 saturated carbocycles. The summed E-state index contributed by atoms with van der Waals surface area (Å²) in [5.41, 5.74) is 1.01. The second-order valence-electron chi connectivity index (χ2n) is 6.55. The van der Waals surface area contributed by atoms with E-state index in [-0.39, 0.29) is 11.9 Å². The van der Waals surface area contributed by atoms with Crippen molar-refractivity contribution in [1.82, 2.24) is 25.1 Å². The highest BCUT2D eigenvalue weighted by atomic mass is 19.1. The molecule has 1 unspecified atom stereocenters. The quantitative estimate of drug-likeness (QED) is 0.408. The number of aryl methyl sites for hydroxylation is 1. The fourth-order valence-electron chi connectivity index (χ4n) is 2.88. The third kappa shape index (κ3) is 4.27. The number of anilines is 3. The van der Waals surface area contributed by atoms with Crippen molar-refractivity contribution in [2.45, 2.75) is 26.3 Å². The van der Waals surface area contributed by atoms with Gasteiger partial charge < -0.3 is 15.1 Å². The number of H-pyrrole nitrogens is 1. The van der Waals surface area contributed by atoms with E-state index in [1.54, 1.807) is 25.3 Å². The second kappa shape index (κ2) is 8.27. The Labute approximate surface area is 170 Å². The molecular weight excluding hydrogens is 392 g/mol. The Morgan fingerprint density at radius 3 is 2.67 bits per heavy atom. The molecule has 0 bridgehead atoms. The number of hydrogen-bond acceptors (Lipinski definition) is 7. The predicted octanol–water partition coefficient (Wildman–Crippen LogP) is 4.61. The summed E-state index contributed by atoms with van der Waals surface area (Å²) >= 11 is 0. The van der Waals surface area contributed by atoms with Crippen LogP contribution in [0.15, 0.2) is 47.1 Å². The van der Waals surface area contributed by atoms with Crippen molar-refractivity contribution in [3.05, 3.63) is 65.7 Å². The summed E-state index contributed by atoms with van der Waals surface area (Å²) in [6.07, 6.45) is 2.15. The Balaban J connectivity index is 1.54. The number of rotatable bonds is 7. The van der Waals surface area contributed by atoms with E-state index < -0.39 is 17.7 Å². The molecule has 3 aromatic heterocycles. The smallest absolute Gasteiger partial charge is 0.233 e. The number of aromatic amines is 1. The van der Waals surface area contributed by atoms with Crippen molar-refractivity contribution >= 4 is 17.7 Å². The van der Waals surface area contributed by atoms with Gasteiger partial charge in [0.05, 0.1) is 12.3 Å². The summed E-state index contributed by atoms with van der Waals surface area (Å²) < 4.78 is 32.6. The van der Waals surface area contributed by atoms with Crippen molar-refractivity contribution in [3.8, 4) is 11.5 Å². The zero-order chi connectivity index (χ0) is 21.1. The first-order chi connectivity index (χ1) is 14.5. The molecule has 0 aliphatic carbocycles. The highest BCUT2D eigenvalue weighted by Gasteiger charge is 2.15. The standard InChI is InChI=1S/C20H19F2N7O/c1-3-17-24-19(23-11(2)13-7-6-12(21)9-14(13)22)27-20(25-17)26-18-10-15(28-29-18)16-5-4-8-30-16/h4-11H,3H2,1-2H3,(H3,23,24,25,26,27,28,29). The maximum Gasteiger partial charge on any atom is 0.233 e. The van der Waals surface area contributed by atoms with Gasteiger partial charge in [-0.05, 0) is 25.1 Å². The number of halogens is 2. The number of nitrogens with one attached hydrogen (secondary N) is 3. The zero-order valence-corrected chi connectivity index (χ0v) is 16.3. The summed E-state index contributed by atoms with van der Waals surface area (Å²) in [7, 11) is 0. The maximum absolute atomic E-state index is 14.1. The van der Waals surface area contributed by atoms with Gasteiger partial charge in [0.25, 0.3) is 0 Å². The molecular formula is C20H19F2N7O. The molecule has 8 nitrogen and oxygen atoms in total. The summed E-state index contributed by atoms with van der Waals surface area (Å²) in [4.78, 5) is 13.0. The number of furan rings is 1. The topological polar surface area (TPSA) is 105 Å². The highest BCUT2D eigenvalue weighted by Crippen LogP contribution is 2.23. The first kappa shape index (κ1) is 19.5. The van der Waals surface area contributed by atoms with Gasteiger partial charge in [0.15, 0.2) is 11.6 Å². The lowest BCUT2D eigenvalue weighted by Crippen LogP contribution is -2.14. The van der Waals surface area contributed by atoms with Crippen LogP contribution >= 0.6 is 0 Å². The predicted molar refractivity (Wildman–Crippen MR) is 107 cm³/mol. The summed E-state index contributed by atoms with van der Waals surface area (Å²) in [5, 5.41) is 13.1. The van der Waals surface area contributed by atoms with Gasteiger partial charge in [-0.25, -0.2) is 8.78 Å². The molecule has 4 aromatic rings. The monoisotopic (exact) mass is 411 g/mol. The van der Waals surface area contributed by atoms with E-state index in [4.69, 9.17) is 4.42 Å². The lowest BCUT2D eigenvalue weighted by Gasteiger charge is -2.16. The molecule has 0 spiro atoms. The zero-order valence-electron chi connectivity index (χ0n) is 16.3. The molecule has 0 radical (unpaired) electrons. The van der Waals surface area contributed by atoms with E-state index >= 15 is 0 Å². The van der Waals surface area contributed by atoms with Crippen LogP contribution in [0, 0.1) is 11.6 Å². The van der Waals surface area contributed by atoms with E-state index in [1.807, 2.05) is 13.0 Å². The van der Waals surface area contributed by atoms with E-state index in [2.05, 4.69) is 35.8 Å². The van der Waals surface area contributed by atoms with Crippen LogP contribution in [0.1, 0.15) is 31.3 Å². The molecule has 1 atom stereocenters. The van der Waals surface area contributed by atoms with Gasteiger partial charge >= 0.3 is 0 Å². The normalized spacial score (nSPS) is 12.0. The Bertz CT molecular complexity index is 1140. The first-order valence-corrected chi connectivity index (χ1v) is 9.34. The highest BCUT2D eigenvalue weighted by molar-refractivity contribution is 5.60. The van der Waals surface area contributed by atoms with Crippen molar-refractivity contribution in [2.75, 3.05) is 10.6 Å². The van der Waals surface area contributed by atoms with E-state index in [0.717, 1.165) is 6.07 Å². The van der Waals surface area contributed by atoms with Gasteiger partial charge in [-0.15, -0.1) is 0 Å². The summed E-state index contributed by atoms with van der Waals surface area (Å²) in [5.74, 6) is 0.979. The SMILES string of the molecule is CCc1nc(Nc2cc(-c3ccco3)[nH]n2)nc(NC(C)c2ccc(F)cc2F)n1. The minimum atomic E-state index is -0.639. The largest absolute Gasteiger partial charge is 0.463 e. The summed E-state index contributed by atoms with van der Waals surface area (Å²) in [6, 6.07) is 8.32. The number of benzene rings is 1. The van der Waals surface area contributed by atoms with Crippen LogP contribution in [0.2, 0.25) is 0 Å². The van der Waals surface area contributed by atoms with Gasteiger partial charge in [-0.2, -0.15) is 20.1 Å². The minimum Gasteiger partial charge on any atom is -0.463 e. The average Bonchev–Trinajstić information content (AvgIpc) is 3.39. The lowest BCUT2D eigenvalue weighted by molar-refractivity contribution is 0.566. The lowest BCUT2D eigenvalue weighted by atomic mass is 10.1. The Hall–Kier alpha value is -3.82. The van der Waals surface area contributed by atoms with Gasteiger partial charge in [-0.1, -0.05) is 13.0 Å². The maximum atomic E-state index is 14.1. The van der Waals surface area contributed by atoms with Gasteiger partial charge in [0.2, 0.25) is 11.9 Å². The molecule has 0 fully saturated rings. The van der Waals surface area contributed by atoms with Crippen molar-refractivity contribution in [2.24, 2.45) is 0 Å². The van der Waals surface area contributed by atoms with Crippen LogP contribution in [-0.4, -0.2) is 25.1 Å². The van der Waals surface area contributed by atoms with E-state index in [1.165, 1.54) is 12.1 Å². The average molecular weight is 411 g/mol. The third-order valence-electron chi connectivity index (χ3n) is 4.38. The van der Waals surface area contributed by atoms with Crippen LogP contribution in [0.3, 0.4) is 0 Å². The molecule has 154 valence electrons. The van der Waals surface area contributed by atoms with Crippen molar-refractivity contribution in [1.29, 1.82) is 0 Å². The Morgan fingerprint density at radius 2 is 1.93 bits per heavy atom. The van der Waals surface area contributed by atoms with Crippen LogP contribution in [0.4, 0.5) is 26.5 Å².